The van der Waals surface area contributed by atoms with Crippen LogP contribution in [0.4, 0.5) is 5.82 Å². The van der Waals surface area contributed by atoms with Crippen molar-refractivity contribution in [1.82, 2.24) is 15.2 Å². The van der Waals surface area contributed by atoms with Gasteiger partial charge in [0.2, 0.25) is 0 Å². The maximum absolute atomic E-state index is 6.02. The van der Waals surface area contributed by atoms with E-state index in [1.807, 2.05) is 12.1 Å². The standard InChI is InChI=1S/C14H22N4.2ClH/c1-2-3-6-13(18-10-8-16-9-11-18)12-5-4-7-17-14(12)15;;/h2,4-5,7,13,16H,1,3,6,8-11H2,(H2,15,17);2*1H/t13-;;/m1../s1. The first-order valence-electron chi connectivity index (χ1n) is 6.59. The molecule has 20 heavy (non-hydrogen) atoms. The second-order valence-electron chi connectivity index (χ2n) is 4.65. The van der Waals surface area contributed by atoms with Crippen LogP contribution in [0.3, 0.4) is 0 Å². The van der Waals surface area contributed by atoms with E-state index >= 15 is 0 Å². The van der Waals surface area contributed by atoms with Crippen molar-refractivity contribution in [2.75, 3.05) is 31.9 Å². The van der Waals surface area contributed by atoms with E-state index in [1.54, 1.807) is 6.20 Å². The molecule has 1 aliphatic heterocycles. The molecule has 4 nitrogen and oxygen atoms in total. The van der Waals surface area contributed by atoms with E-state index in [0.29, 0.717) is 11.9 Å². The van der Waals surface area contributed by atoms with Gasteiger partial charge in [0.25, 0.3) is 0 Å². The molecule has 1 atom stereocenters. The molecule has 114 valence electrons. The van der Waals surface area contributed by atoms with Gasteiger partial charge in [-0.15, -0.1) is 31.4 Å². The maximum Gasteiger partial charge on any atom is 0.128 e. The summed E-state index contributed by atoms with van der Waals surface area (Å²) in [6.07, 6.45) is 5.78. The van der Waals surface area contributed by atoms with Crippen molar-refractivity contribution < 1.29 is 0 Å². The first kappa shape index (κ1) is 19.2. The van der Waals surface area contributed by atoms with Crippen LogP contribution >= 0.6 is 24.8 Å². The number of nitrogens with two attached hydrogens (primary N) is 1. The second-order valence-corrected chi connectivity index (χ2v) is 4.65. The van der Waals surface area contributed by atoms with Gasteiger partial charge in [-0.2, -0.15) is 0 Å². The molecule has 0 saturated carbocycles. The van der Waals surface area contributed by atoms with E-state index in [-0.39, 0.29) is 24.8 Å². The summed E-state index contributed by atoms with van der Waals surface area (Å²) in [5.41, 5.74) is 7.17. The molecule has 1 aliphatic rings. The molecule has 0 radical (unpaired) electrons. The van der Waals surface area contributed by atoms with Crippen LogP contribution in [0.2, 0.25) is 0 Å². The molecule has 3 N–H and O–H groups in total. The van der Waals surface area contributed by atoms with Crippen molar-refractivity contribution >= 4 is 30.6 Å². The second kappa shape index (κ2) is 10.00. The van der Waals surface area contributed by atoms with E-state index < -0.39 is 0 Å². The van der Waals surface area contributed by atoms with Gasteiger partial charge >= 0.3 is 0 Å². The minimum absolute atomic E-state index is 0. The number of rotatable bonds is 5. The number of aromatic nitrogens is 1. The number of hydrogen-bond donors (Lipinski definition) is 2. The Morgan fingerprint density at radius 3 is 2.70 bits per heavy atom. The number of piperazine rings is 1. The summed E-state index contributed by atoms with van der Waals surface area (Å²) < 4.78 is 0. The van der Waals surface area contributed by atoms with Gasteiger partial charge in [-0.25, -0.2) is 4.98 Å². The van der Waals surface area contributed by atoms with E-state index in [2.05, 4.69) is 27.8 Å². The van der Waals surface area contributed by atoms with Crippen LogP contribution < -0.4 is 11.1 Å². The summed E-state index contributed by atoms with van der Waals surface area (Å²) in [7, 11) is 0. The topological polar surface area (TPSA) is 54.2 Å². The Balaban J connectivity index is 0.00000180. The average Bonchev–Trinajstić information content (AvgIpc) is 2.42. The average molecular weight is 319 g/mol. The van der Waals surface area contributed by atoms with Crippen LogP contribution in [-0.4, -0.2) is 36.1 Å². The highest BCUT2D eigenvalue weighted by Crippen LogP contribution is 2.29. The lowest BCUT2D eigenvalue weighted by atomic mass is 10.00. The van der Waals surface area contributed by atoms with Crippen molar-refractivity contribution in [2.45, 2.75) is 18.9 Å². The summed E-state index contributed by atoms with van der Waals surface area (Å²) in [6, 6.07) is 4.42. The summed E-state index contributed by atoms with van der Waals surface area (Å²) >= 11 is 0. The number of nitrogens with zero attached hydrogens (tertiary/aromatic N) is 2. The van der Waals surface area contributed by atoms with Crippen molar-refractivity contribution in [3.8, 4) is 0 Å². The number of halogens is 2. The smallest absolute Gasteiger partial charge is 0.128 e. The van der Waals surface area contributed by atoms with Gasteiger partial charge in [-0.05, 0) is 18.9 Å². The predicted octanol–water partition coefficient (Wildman–Crippen LogP) is 2.42. The summed E-state index contributed by atoms with van der Waals surface area (Å²) in [4.78, 5) is 6.71. The molecular formula is C14H24Cl2N4. The van der Waals surface area contributed by atoms with Gasteiger partial charge in [0.05, 0.1) is 0 Å². The third kappa shape index (κ3) is 4.94. The molecule has 0 amide bonds. The van der Waals surface area contributed by atoms with Gasteiger partial charge in [-0.3, -0.25) is 4.90 Å². The van der Waals surface area contributed by atoms with Crippen LogP contribution in [0, 0.1) is 0 Å². The van der Waals surface area contributed by atoms with Crippen LogP contribution in [0.5, 0.6) is 0 Å². The lowest BCUT2D eigenvalue weighted by molar-refractivity contribution is 0.166. The van der Waals surface area contributed by atoms with Crippen LogP contribution in [0.15, 0.2) is 31.0 Å². The number of anilines is 1. The molecular weight excluding hydrogens is 295 g/mol. The zero-order valence-corrected chi connectivity index (χ0v) is 13.3. The zero-order chi connectivity index (χ0) is 12.8. The van der Waals surface area contributed by atoms with Gasteiger partial charge in [0.15, 0.2) is 0 Å². The fourth-order valence-electron chi connectivity index (χ4n) is 2.52. The van der Waals surface area contributed by atoms with E-state index in [0.717, 1.165) is 44.6 Å². The van der Waals surface area contributed by atoms with Gasteiger partial charge in [-0.1, -0.05) is 12.1 Å². The maximum atomic E-state index is 6.02. The quantitative estimate of drug-likeness (QED) is 0.819. The summed E-state index contributed by atoms with van der Waals surface area (Å²) in [6.45, 7) is 8.04. The molecule has 0 spiro atoms. The van der Waals surface area contributed by atoms with Gasteiger partial charge < -0.3 is 11.1 Å². The molecule has 1 aromatic rings. The number of allylic oxidation sites excluding steroid dienone is 1. The fourth-order valence-corrected chi connectivity index (χ4v) is 2.52. The zero-order valence-electron chi connectivity index (χ0n) is 11.6. The molecule has 1 aromatic heterocycles. The van der Waals surface area contributed by atoms with E-state index in [9.17, 15) is 0 Å². The molecule has 6 heteroatoms. The Bertz CT molecular complexity index is 395. The molecule has 1 fully saturated rings. The fraction of sp³-hybridized carbons (Fsp3) is 0.500. The first-order valence-corrected chi connectivity index (χ1v) is 6.59. The van der Waals surface area contributed by atoms with Crippen molar-refractivity contribution in [2.24, 2.45) is 0 Å². The molecule has 0 bridgehead atoms. The Morgan fingerprint density at radius 1 is 1.40 bits per heavy atom. The third-order valence-corrected chi connectivity index (χ3v) is 3.47. The number of nitrogen functional groups attached to an aromatic ring is 1. The summed E-state index contributed by atoms with van der Waals surface area (Å²) in [5.74, 6) is 0.657. The lowest BCUT2D eigenvalue weighted by Crippen LogP contribution is -2.45. The predicted molar refractivity (Wildman–Crippen MR) is 89.8 cm³/mol. The third-order valence-electron chi connectivity index (χ3n) is 3.47. The Morgan fingerprint density at radius 2 is 2.10 bits per heavy atom. The molecule has 1 saturated heterocycles. The van der Waals surface area contributed by atoms with E-state index in [1.165, 1.54) is 0 Å². The Hall–Kier alpha value is -0.810. The van der Waals surface area contributed by atoms with Crippen molar-refractivity contribution in [1.29, 1.82) is 0 Å². The summed E-state index contributed by atoms with van der Waals surface area (Å²) in [5, 5.41) is 3.38. The van der Waals surface area contributed by atoms with Crippen LogP contribution in [0.1, 0.15) is 24.4 Å². The first-order chi connectivity index (χ1) is 8.83. The lowest BCUT2D eigenvalue weighted by Gasteiger charge is -2.35. The highest BCUT2D eigenvalue weighted by molar-refractivity contribution is 5.85. The molecule has 0 aromatic carbocycles. The Labute approximate surface area is 133 Å². The number of nitrogens with one attached hydrogen (secondary N) is 1. The van der Waals surface area contributed by atoms with Gasteiger partial charge in [0.1, 0.15) is 5.82 Å². The largest absolute Gasteiger partial charge is 0.383 e. The molecule has 0 aliphatic carbocycles. The van der Waals surface area contributed by atoms with Crippen LogP contribution in [0.25, 0.3) is 0 Å². The van der Waals surface area contributed by atoms with Crippen LogP contribution in [-0.2, 0) is 0 Å². The molecule has 2 rings (SSSR count). The highest BCUT2D eigenvalue weighted by Gasteiger charge is 2.23. The minimum atomic E-state index is 0. The SMILES string of the molecule is C=CCC[C@H](c1cccnc1N)N1CCNCC1.Cl.Cl. The normalized spacial score (nSPS) is 16.6. The highest BCUT2D eigenvalue weighted by atomic mass is 35.5. The monoisotopic (exact) mass is 318 g/mol. The number of pyridine rings is 1. The van der Waals surface area contributed by atoms with E-state index in [4.69, 9.17) is 5.73 Å². The van der Waals surface area contributed by atoms with Gasteiger partial charge in [0, 0.05) is 44.0 Å². The van der Waals surface area contributed by atoms with Crippen molar-refractivity contribution in [3.63, 3.8) is 0 Å². The minimum Gasteiger partial charge on any atom is -0.383 e. The Kier molecular flexibility index (Phi) is 9.59. The molecule has 0 unspecified atom stereocenters. The molecule has 2 heterocycles. The number of hydrogen-bond acceptors (Lipinski definition) is 4. The van der Waals surface area contributed by atoms with Crippen molar-refractivity contribution in [3.05, 3.63) is 36.5 Å².